The number of hydrogen-bond acceptors (Lipinski definition) is 4. The van der Waals surface area contributed by atoms with Crippen molar-refractivity contribution in [1.29, 1.82) is 0 Å². The van der Waals surface area contributed by atoms with Crippen molar-refractivity contribution < 1.29 is 17.9 Å². The Morgan fingerprint density at radius 2 is 1.96 bits per heavy atom. The van der Waals surface area contributed by atoms with E-state index in [1.54, 1.807) is 11.9 Å². The minimum atomic E-state index is -4.56. The molecule has 0 aliphatic carbocycles. The molecule has 0 unspecified atom stereocenters. The minimum absolute atomic E-state index is 0.153. The summed E-state index contributed by atoms with van der Waals surface area (Å²) >= 11 is 0. The van der Waals surface area contributed by atoms with Gasteiger partial charge in [0.15, 0.2) is 0 Å². The topological polar surface area (TPSA) is 38.2 Å². The summed E-state index contributed by atoms with van der Waals surface area (Å²) in [6.07, 6.45) is -3.20. The van der Waals surface area contributed by atoms with E-state index in [9.17, 15) is 13.2 Å². The summed E-state index contributed by atoms with van der Waals surface area (Å²) in [6, 6.07) is 7.74. The first-order valence-corrected chi connectivity index (χ1v) is 8.14. The number of ether oxygens (including phenoxy) is 1. The molecule has 1 aromatic carbocycles. The van der Waals surface area contributed by atoms with Gasteiger partial charge in [-0.15, -0.1) is 0 Å². The predicted octanol–water partition coefficient (Wildman–Crippen LogP) is 5.18. The van der Waals surface area contributed by atoms with E-state index in [-0.39, 0.29) is 12.6 Å². The maximum Gasteiger partial charge on any atom is 0.423 e. The number of aromatic nitrogens is 2. The fourth-order valence-corrected chi connectivity index (χ4v) is 2.23. The molecule has 7 heteroatoms. The summed E-state index contributed by atoms with van der Waals surface area (Å²) in [5.41, 5.74) is 0.958. The Kier molecular flexibility index (Phi) is 5.87. The van der Waals surface area contributed by atoms with Crippen molar-refractivity contribution >= 4 is 11.6 Å². The van der Waals surface area contributed by atoms with Crippen LogP contribution in [0.3, 0.4) is 0 Å². The second-order valence-corrected chi connectivity index (χ2v) is 6.04. The SMILES string of the molecule is CCCOc1nc(N(C)c2cccc(C(C)C)c2)ncc1C(F)(F)F. The van der Waals surface area contributed by atoms with Crippen LogP contribution in [0.1, 0.15) is 44.2 Å². The van der Waals surface area contributed by atoms with Crippen LogP contribution < -0.4 is 9.64 Å². The summed E-state index contributed by atoms with van der Waals surface area (Å²) in [5.74, 6) is 0.0524. The van der Waals surface area contributed by atoms with Crippen LogP contribution in [-0.4, -0.2) is 23.6 Å². The first-order valence-electron chi connectivity index (χ1n) is 8.14. The largest absolute Gasteiger partial charge is 0.477 e. The molecule has 0 aliphatic rings. The molecule has 2 rings (SSSR count). The minimum Gasteiger partial charge on any atom is -0.477 e. The summed E-state index contributed by atoms with van der Waals surface area (Å²) in [4.78, 5) is 9.52. The number of rotatable bonds is 6. The normalized spacial score (nSPS) is 11.7. The van der Waals surface area contributed by atoms with Gasteiger partial charge in [0, 0.05) is 18.9 Å². The van der Waals surface area contributed by atoms with Crippen molar-refractivity contribution in [2.75, 3.05) is 18.6 Å². The Labute approximate surface area is 145 Å². The molecule has 0 bridgehead atoms. The van der Waals surface area contributed by atoms with E-state index in [2.05, 4.69) is 23.8 Å². The third-order valence-electron chi connectivity index (χ3n) is 3.71. The van der Waals surface area contributed by atoms with E-state index in [1.807, 2.05) is 31.2 Å². The van der Waals surface area contributed by atoms with Crippen LogP contribution in [0, 0.1) is 0 Å². The smallest absolute Gasteiger partial charge is 0.423 e. The summed E-state index contributed by atoms with van der Waals surface area (Å²) < 4.78 is 44.5. The molecule has 136 valence electrons. The molecule has 0 aliphatic heterocycles. The lowest BCUT2D eigenvalue weighted by molar-refractivity contribution is -0.139. The number of halogens is 3. The van der Waals surface area contributed by atoms with Gasteiger partial charge in [0.2, 0.25) is 11.8 Å². The van der Waals surface area contributed by atoms with Crippen LogP contribution in [0.15, 0.2) is 30.5 Å². The van der Waals surface area contributed by atoms with Crippen molar-refractivity contribution in [2.24, 2.45) is 0 Å². The molecule has 4 nitrogen and oxygen atoms in total. The molecule has 0 N–H and O–H groups in total. The van der Waals surface area contributed by atoms with Crippen molar-refractivity contribution in [1.82, 2.24) is 9.97 Å². The van der Waals surface area contributed by atoms with Crippen LogP contribution >= 0.6 is 0 Å². The zero-order valence-corrected chi connectivity index (χ0v) is 14.8. The van der Waals surface area contributed by atoms with E-state index >= 15 is 0 Å². The molecule has 0 atom stereocenters. The highest BCUT2D eigenvalue weighted by Gasteiger charge is 2.36. The van der Waals surface area contributed by atoms with Gasteiger partial charge in [0.1, 0.15) is 5.56 Å². The number of nitrogens with zero attached hydrogens (tertiary/aromatic N) is 3. The van der Waals surface area contributed by atoms with Crippen molar-refractivity contribution in [3.63, 3.8) is 0 Å². The Morgan fingerprint density at radius 3 is 2.56 bits per heavy atom. The zero-order valence-electron chi connectivity index (χ0n) is 14.8. The van der Waals surface area contributed by atoms with Gasteiger partial charge in [-0.1, -0.05) is 32.9 Å². The van der Waals surface area contributed by atoms with E-state index in [0.29, 0.717) is 12.3 Å². The second-order valence-electron chi connectivity index (χ2n) is 6.04. The molecule has 25 heavy (non-hydrogen) atoms. The van der Waals surface area contributed by atoms with Crippen LogP contribution in [0.25, 0.3) is 0 Å². The Morgan fingerprint density at radius 1 is 1.24 bits per heavy atom. The molecule has 0 saturated carbocycles. The maximum absolute atomic E-state index is 13.1. The van der Waals surface area contributed by atoms with Gasteiger partial charge in [-0.25, -0.2) is 4.98 Å². The van der Waals surface area contributed by atoms with Crippen molar-refractivity contribution in [3.8, 4) is 5.88 Å². The number of anilines is 2. The molecule has 0 amide bonds. The highest BCUT2D eigenvalue weighted by molar-refractivity contribution is 5.58. The van der Waals surface area contributed by atoms with Crippen LogP contribution in [-0.2, 0) is 6.18 Å². The highest BCUT2D eigenvalue weighted by Crippen LogP contribution is 2.36. The average Bonchev–Trinajstić information content (AvgIpc) is 2.58. The van der Waals surface area contributed by atoms with Crippen molar-refractivity contribution in [3.05, 3.63) is 41.6 Å². The van der Waals surface area contributed by atoms with Gasteiger partial charge in [-0.05, 0) is 30.0 Å². The lowest BCUT2D eigenvalue weighted by atomic mass is 10.0. The van der Waals surface area contributed by atoms with Gasteiger partial charge in [-0.3, -0.25) is 0 Å². The van der Waals surface area contributed by atoms with Gasteiger partial charge < -0.3 is 9.64 Å². The third kappa shape index (κ3) is 4.61. The molecule has 0 saturated heterocycles. The standard InChI is InChI=1S/C18H22F3N3O/c1-5-9-25-16-15(18(19,20)21)11-22-17(23-16)24(4)14-8-6-7-13(10-14)12(2)3/h6-8,10-12H,5,9H2,1-4H3. The molecular formula is C18H22F3N3O. The lowest BCUT2D eigenvalue weighted by Crippen LogP contribution is -2.17. The highest BCUT2D eigenvalue weighted by atomic mass is 19.4. The van der Waals surface area contributed by atoms with Gasteiger partial charge in [0.05, 0.1) is 6.61 Å². The molecule has 0 radical (unpaired) electrons. The third-order valence-corrected chi connectivity index (χ3v) is 3.71. The first kappa shape index (κ1) is 19.0. The van der Waals surface area contributed by atoms with Crippen LogP contribution in [0.2, 0.25) is 0 Å². The van der Waals surface area contributed by atoms with E-state index in [4.69, 9.17) is 4.74 Å². The number of alkyl halides is 3. The fourth-order valence-electron chi connectivity index (χ4n) is 2.23. The molecular weight excluding hydrogens is 331 g/mol. The Hall–Kier alpha value is -2.31. The maximum atomic E-state index is 13.1. The second kappa shape index (κ2) is 7.72. The molecule has 0 spiro atoms. The lowest BCUT2D eigenvalue weighted by Gasteiger charge is -2.20. The number of benzene rings is 1. The van der Waals surface area contributed by atoms with E-state index in [1.165, 1.54) is 0 Å². The van der Waals surface area contributed by atoms with Gasteiger partial charge in [-0.2, -0.15) is 18.2 Å². The zero-order chi connectivity index (χ0) is 18.6. The van der Waals surface area contributed by atoms with Gasteiger partial charge >= 0.3 is 6.18 Å². The Bertz CT molecular complexity index is 717. The molecule has 1 heterocycles. The van der Waals surface area contributed by atoms with Gasteiger partial charge in [0.25, 0.3) is 0 Å². The van der Waals surface area contributed by atoms with E-state index < -0.39 is 17.6 Å². The number of hydrogen-bond donors (Lipinski definition) is 0. The fraction of sp³-hybridized carbons (Fsp3) is 0.444. The summed E-state index contributed by atoms with van der Waals surface area (Å²) in [7, 11) is 1.71. The predicted molar refractivity (Wildman–Crippen MR) is 91.4 cm³/mol. The molecule has 1 aromatic heterocycles. The average molecular weight is 353 g/mol. The van der Waals surface area contributed by atoms with Crippen LogP contribution in [0.5, 0.6) is 5.88 Å². The van der Waals surface area contributed by atoms with Crippen molar-refractivity contribution in [2.45, 2.75) is 39.3 Å². The first-order chi connectivity index (χ1) is 11.7. The quantitative estimate of drug-likeness (QED) is 0.718. The van der Waals surface area contributed by atoms with Crippen LogP contribution in [0.4, 0.5) is 24.8 Å². The molecule has 2 aromatic rings. The summed E-state index contributed by atoms with van der Waals surface area (Å²) in [5, 5.41) is 0. The Balaban J connectivity index is 2.39. The van der Waals surface area contributed by atoms with E-state index in [0.717, 1.165) is 17.4 Å². The summed E-state index contributed by atoms with van der Waals surface area (Å²) in [6.45, 7) is 6.12. The molecule has 0 fully saturated rings. The monoisotopic (exact) mass is 353 g/mol.